The third kappa shape index (κ3) is 6.64. The highest BCUT2D eigenvalue weighted by molar-refractivity contribution is 14.0. The number of nitrogens with zero attached hydrogens (tertiary/aromatic N) is 4. The van der Waals surface area contributed by atoms with Gasteiger partial charge in [-0.3, -0.25) is 4.99 Å². The van der Waals surface area contributed by atoms with Crippen LogP contribution in [-0.4, -0.2) is 81.2 Å². The zero-order valence-electron chi connectivity index (χ0n) is 19.7. The number of aliphatic imine (C=N–C) groups is 1. The van der Waals surface area contributed by atoms with Crippen LogP contribution in [0.15, 0.2) is 23.2 Å². The summed E-state index contributed by atoms with van der Waals surface area (Å²) in [4.78, 5) is 12.0. The Labute approximate surface area is 216 Å². The standard InChI is InChI=1S/C24H39ClN6.HI/c1-26-24(28-19-10-12-30(13-11-19)20-6-3-4-7-20)27-18-21-22(25)8-5-9-23(21)31-16-14-29(2)15-17-31;/h5,8-9,19-20H,3-4,6-7,10-18H2,1-2H3,(H2,26,27,28);1H. The fraction of sp³-hybridized carbons (Fsp3) is 0.708. The highest BCUT2D eigenvalue weighted by atomic mass is 127. The van der Waals surface area contributed by atoms with E-state index in [1.807, 2.05) is 13.1 Å². The molecule has 32 heavy (non-hydrogen) atoms. The quantitative estimate of drug-likeness (QED) is 0.319. The molecule has 2 saturated heterocycles. The molecule has 180 valence electrons. The first-order chi connectivity index (χ1) is 15.1. The molecule has 0 spiro atoms. The Bertz CT molecular complexity index is 738. The number of hydrogen-bond donors (Lipinski definition) is 2. The molecule has 0 amide bonds. The number of rotatable bonds is 5. The van der Waals surface area contributed by atoms with Crippen molar-refractivity contribution >= 4 is 47.2 Å². The second-order valence-electron chi connectivity index (χ2n) is 9.35. The van der Waals surface area contributed by atoms with Crippen molar-refractivity contribution in [3.8, 4) is 0 Å². The summed E-state index contributed by atoms with van der Waals surface area (Å²) in [5.41, 5.74) is 2.40. The second kappa shape index (κ2) is 12.6. The van der Waals surface area contributed by atoms with Crippen molar-refractivity contribution in [1.29, 1.82) is 0 Å². The Morgan fingerprint density at radius 3 is 2.38 bits per heavy atom. The first-order valence-electron chi connectivity index (χ1n) is 12.1. The minimum atomic E-state index is 0. The molecule has 1 aliphatic carbocycles. The summed E-state index contributed by atoms with van der Waals surface area (Å²) in [6, 6.07) is 7.58. The summed E-state index contributed by atoms with van der Waals surface area (Å²) in [5, 5.41) is 8.02. The minimum Gasteiger partial charge on any atom is -0.369 e. The highest BCUT2D eigenvalue weighted by Gasteiger charge is 2.27. The lowest BCUT2D eigenvalue weighted by atomic mass is 10.0. The number of piperazine rings is 1. The van der Waals surface area contributed by atoms with Gasteiger partial charge in [0.05, 0.1) is 0 Å². The van der Waals surface area contributed by atoms with Crippen LogP contribution in [-0.2, 0) is 6.54 Å². The number of halogens is 2. The second-order valence-corrected chi connectivity index (χ2v) is 9.75. The van der Waals surface area contributed by atoms with Gasteiger partial charge < -0.3 is 25.3 Å². The zero-order chi connectivity index (χ0) is 21.6. The van der Waals surface area contributed by atoms with E-state index in [4.69, 9.17) is 11.6 Å². The summed E-state index contributed by atoms with van der Waals surface area (Å²) in [6.07, 6.45) is 8.00. The van der Waals surface area contributed by atoms with Gasteiger partial charge in [0, 0.05) is 81.2 Å². The molecule has 2 heterocycles. The lowest BCUT2D eigenvalue weighted by molar-refractivity contribution is 0.150. The Hall–Kier alpha value is -0.770. The third-order valence-electron chi connectivity index (χ3n) is 7.31. The largest absolute Gasteiger partial charge is 0.369 e. The van der Waals surface area contributed by atoms with Crippen LogP contribution >= 0.6 is 35.6 Å². The van der Waals surface area contributed by atoms with Crippen LogP contribution in [0.1, 0.15) is 44.1 Å². The smallest absolute Gasteiger partial charge is 0.191 e. The van der Waals surface area contributed by atoms with Gasteiger partial charge in [0.15, 0.2) is 5.96 Å². The SMILES string of the molecule is CN=C(NCc1c(Cl)cccc1N1CCN(C)CC1)NC1CCN(C2CCCC2)CC1.I. The van der Waals surface area contributed by atoms with Gasteiger partial charge in [-0.05, 0) is 44.9 Å². The maximum atomic E-state index is 6.63. The number of anilines is 1. The Kier molecular flexibility index (Phi) is 10.2. The average Bonchev–Trinajstić information content (AvgIpc) is 3.33. The number of piperidine rings is 1. The van der Waals surface area contributed by atoms with Crippen LogP contribution in [0.2, 0.25) is 5.02 Å². The lowest BCUT2D eigenvalue weighted by Gasteiger charge is -2.37. The number of likely N-dealkylation sites (tertiary alicyclic amines) is 1. The molecule has 3 fully saturated rings. The number of hydrogen-bond acceptors (Lipinski definition) is 4. The fourth-order valence-electron chi connectivity index (χ4n) is 5.30. The maximum absolute atomic E-state index is 6.63. The summed E-state index contributed by atoms with van der Waals surface area (Å²) in [7, 11) is 4.04. The predicted octanol–water partition coefficient (Wildman–Crippen LogP) is 3.78. The monoisotopic (exact) mass is 574 g/mol. The normalized spacial score (nSPS) is 22.1. The van der Waals surface area contributed by atoms with Crippen molar-refractivity contribution in [1.82, 2.24) is 20.4 Å². The Morgan fingerprint density at radius 1 is 1.03 bits per heavy atom. The molecule has 4 rings (SSSR count). The topological polar surface area (TPSA) is 46.1 Å². The molecule has 0 radical (unpaired) electrons. The average molecular weight is 575 g/mol. The van der Waals surface area contributed by atoms with Crippen molar-refractivity contribution in [3.05, 3.63) is 28.8 Å². The molecule has 3 aliphatic rings. The molecule has 0 atom stereocenters. The lowest BCUT2D eigenvalue weighted by Crippen LogP contribution is -2.50. The van der Waals surface area contributed by atoms with E-state index in [9.17, 15) is 0 Å². The van der Waals surface area contributed by atoms with Crippen molar-refractivity contribution in [3.63, 3.8) is 0 Å². The molecule has 0 unspecified atom stereocenters. The van der Waals surface area contributed by atoms with Crippen molar-refractivity contribution < 1.29 is 0 Å². The fourth-order valence-corrected chi connectivity index (χ4v) is 5.54. The zero-order valence-corrected chi connectivity index (χ0v) is 22.7. The van der Waals surface area contributed by atoms with Crippen LogP contribution < -0.4 is 15.5 Å². The van der Waals surface area contributed by atoms with Gasteiger partial charge in [0.1, 0.15) is 0 Å². The predicted molar refractivity (Wildman–Crippen MR) is 147 cm³/mol. The molecule has 2 aliphatic heterocycles. The van der Waals surface area contributed by atoms with Crippen LogP contribution in [0.5, 0.6) is 0 Å². The molecule has 6 nitrogen and oxygen atoms in total. The number of guanidine groups is 1. The first-order valence-corrected chi connectivity index (χ1v) is 12.4. The van der Waals surface area contributed by atoms with E-state index in [2.05, 4.69) is 49.5 Å². The molecule has 1 saturated carbocycles. The van der Waals surface area contributed by atoms with E-state index < -0.39 is 0 Å². The molecule has 2 N–H and O–H groups in total. The van der Waals surface area contributed by atoms with Gasteiger partial charge in [-0.15, -0.1) is 24.0 Å². The van der Waals surface area contributed by atoms with Crippen molar-refractivity contribution in [2.75, 3.05) is 58.3 Å². The number of nitrogens with one attached hydrogen (secondary N) is 2. The van der Waals surface area contributed by atoms with E-state index in [1.165, 1.54) is 57.3 Å². The molecule has 0 bridgehead atoms. The molecule has 0 aromatic heterocycles. The van der Waals surface area contributed by atoms with E-state index >= 15 is 0 Å². The minimum absolute atomic E-state index is 0. The van der Waals surface area contributed by atoms with Crippen LogP contribution in [0, 0.1) is 0 Å². The van der Waals surface area contributed by atoms with E-state index in [1.54, 1.807) is 0 Å². The van der Waals surface area contributed by atoms with Gasteiger partial charge in [0.2, 0.25) is 0 Å². The molecular formula is C24H40ClIN6. The van der Waals surface area contributed by atoms with Crippen LogP contribution in [0.25, 0.3) is 0 Å². The van der Waals surface area contributed by atoms with Crippen LogP contribution in [0.3, 0.4) is 0 Å². The molecule has 8 heteroatoms. The summed E-state index contributed by atoms with van der Waals surface area (Å²) in [5.74, 6) is 0.878. The highest BCUT2D eigenvalue weighted by Crippen LogP contribution is 2.29. The van der Waals surface area contributed by atoms with E-state index in [0.717, 1.165) is 48.8 Å². The maximum Gasteiger partial charge on any atom is 0.191 e. The molecular weight excluding hydrogens is 535 g/mol. The van der Waals surface area contributed by atoms with Gasteiger partial charge in [-0.1, -0.05) is 30.5 Å². The van der Waals surface area contributed by atoms with E-state index in [0.29, 0.717) is 12.6 Å². The van der Waals surface area contributed by atoms with E-state index in [-0.39, 0.29) is 24.0 Å². The third-order valence-corrected chi connectivity index (χ3v) is 7.66. The molecule has 1 aromatic rings. The van der Waals surface area contributed by atoms with Gasteiger partial charge in [-0.25, -0.2) is 0 Å². The first kappa shape index (κ1) is 25.8. The number of likely N-dealkylation sites (N-methyl/N-ethyl adjacent to an activating group) is 1. The number of benzene rings is 1. The van der Waals surface area contributed by atoms with Gasteiger partial charge >= 0.3 is 0 Å². The van der Waals surface area contributed by atoms with Gasteiger partial charge in [0.25, 0.3) is 0 Å². The van der Waals surface area contributed by atoms with Crippen molar-refractivity contribution in [2.45, 2.75) is 57.2 Å². The summed E-state index contributed by atoms with van der Waals surface area (Å²) < 4.78 is 0. The van der Waals surface area contributed by atoms with Gasteiger partial charge in [-0.2, -0.15) is 0 Å². The van der Waals surface area contributed by atoms with Crippen LogP contribution in [0.4, 0.5) is 5.69 Å². The van der Waals surface area contributed by atoms with Crippen molar-refractivity contribution in [2.24, 2.45) is 4.99 Å². The summed E-state index contributed by atoms with van der Waals surface area (Å²) >= 11 is 6.63. The summed E-state index contributed by atoms with van der Waals surface area (Å²) in [6.45, 7) is 7.34. The molecule has 1 aromatic carbocycles. The Balaban J connectivity index is 0.00000289. The Morgan fingerprint density at radius 2 is 1.72 bits per heavy atom.